The van der Waals surface area contributed by atoms with Crippen molar-refractivity contribution in [1.29, 1.82) is 0 Å². The number of amides is 2. The van der Waals surface area contributed by atoms with E-state index in [1.807, 2.05) is 273 Å². The van der Waals surface area contributed by atoms with Crippen molar-refractivity contribution in [2.45, 2.75) is 87.1 Å². The van der Waals surface area contributed by atoms with E-state index in [-0.39, 0.29) is 38.8 Å². The van der Waals surface area contributed by atoms with Crippen LogP contribution >= 0.6 is 0 Å². The van der Waals surface area contributed by atoms with E-state index in [2.05, 4.69) is 72.2 Å². The predicted octanol–water partition coefficient (Wildman–Crippen LogP) is 20.2. The molecule has 0 saturated carbocycles. The van der Waals surface area contributed by atoms with Crippen LogP contribution in [-0.2, 0) is 79.7 Å². The number of hydrogen-bond acceptors (Lipinski definition) is 9. The van der Waals surface area contributed by atoms with Gasteiger partial charge in [-0.2, -0.15) is 0 Å². The van der Waals surface area contributed by atoms with Crippen LogP contribution < -0.4 is 35.3 Å². The summed E-state index contributed by atoms with van der Waals surface area (Å²) in [7, 11) is 0. The molecule has 12 heteroatoms. The lowest BCUT2D eigenvalue weighted by molar-refractivity contribution is -0.136. The number of rotatable bonds is 26. The number of aliphatic carboxylic acids is 1. The van der Waals surface area contributed by atoms with Gasteiger partial charge in [0.2, 0.25) is 11.8 Å². The van der Waals surface area contributed by atoms with Crippen LogP contribution in [0.25, 0.3) is 33.4 Å². The first-order valence-corrected chi connectivity index (χ1v) is 34.5. The Morgan fingerprint density at radius 1 is 0.302 bits per heavy atom. The van der Waals surface area contributed by atoms with E-state index >= 15 is 0 Å². The summed E-state index contributed by atoms with van der Waals surface area (Å²) in [6.45, 7) is 5.20. The fourth-order valence-electron chi connectivity index (χ4n) is 11.1. The van der Waals surface area contributed by atoms with Crippen LogP contribution in [0, 0.1) is 6.92 Å². The van der Waals surface area contributed by atoms with Crippen molar-refractivity contribution in [1.82, 2.24) is 10.6 Å². The van der Waals surface area contributed by atoms with Crippen LogP contribution in [0.4, 0.5) is 0 Å². The highest BCUT2D eigenvalue weighted by atomic mass is 16.5. The average molecular weight is 1410 g/mol. The van der Waals surface area contributed by atoms with Gasteiger partial charge in [0, 0.05) is 31.8 Å². The zero-order valence-corrected chi connectivity index (χ0v) is 58.2. The molecule has 12 nitrogen and oxygen atoms in total. The third-order valence-corrected chi connectivity index (χ3v) is 16.5. The van der Waals surface area contributed by atoms with Gasteiger partial charge in [0.15, 0.2) is 0 Å². The summed E-state index contributed by atoms with van der Waals surface area (Å²) < 4.78 is 23.7. The molecule has 0 aliphatic rings. The molecule has 0 saturated heterocycles. The van der Waals surface area contributed by atoms with E-state index < -0.39 is 5.97 Å². The quantitative estimate of drug-likeness (QED) is 0.0350. The molecule has 106 heavy (non-hydrogen) atoms. The molecule has 0 radical (unpaired) electrons. The fourth-order valence-corrected chi connectivity index (χ4v) is 11.1. The minimum atomic E-state index is -0.799. The first-order chi connectivity index (χ1) is 50.9. The van der Waals surface area contributed by atoms with Gasteiger partial charge in [-0.15, -0.1) is 0 Å². The van der Waals surface area contributed by atoms with Gasteiger partial charge in [0.05, 0.1) is 19.3 Å². The number of carbonyl (C=O) groups is 3. The minimum Gasteiger partial charge on any atom is -0.508 e. The van der Waals surface area contributed by atoms with Crippen molar-refractivity contribution < 1.29 is 43.5 Å². The second-order valence-electron chi connectivity index (χ2n) is 24.8. The van der Waals surface area contributed by atoms with Crippen molar-refractivity contribution in [2.24, 2.45) is 5.73 Å². The lowest BCUT2D eigenvalue weighted by Crippen LogP contribution is -2.24. The standard InChI is InChI=1S/C35H31NO3.C28H25NO3.C15H17NO.C14H12O2.2CH4/c37-35(22-27-16-18-32(19-17-27)31-14-8-3-9-15-31)36-24-30-20-33(38-25-28-10-4-1-5-11-28)23-34(21-30)39-26-29-12-6-2-7-13-29;30-26-15-23(16-27(18-26)32-20-22-7-3-1-4-8-22)19-29-28(31)17-21-11-13-25(14-12-21)24-9-5-2-6-10-24;1-12-7-14(10-16)9-15(8-12)17-11-13-5-3-2-4-6-13;15-14(16)10-11-6-8-13(9-7-11)12-4-2-1-3-5-12;;/h1-21,23H,22,24-26H2,(H,36,37);1-16,18,30H,17,19-20H2,(H,29,31);2-9H,10-11,16H2,1H3;1-9H,10H2,(H,15,16);2*1H4. The maximum atomic E-state index is 12.8. The number of carboxylic acid groups (broad SMARTS) is 1. The third-order valence-electron chi connectivity index (χ3n) is 16.5. The van der Waals surface area contributed by atoms with Crippen molar-refractivity contribution in [3.8, 4) is 62.1 Å². The summed E-state index contributed by atoms with van der Waals surface area (Å²) in [5.41, 5.74) is 23.6. The number of phenolic OH excluding ortho intramolecular Hbond substituents is 1. The van der Waals surface area contributed by atoms with Crippen LogP contribution in [0.3, 0.4) is 0 Å². The molecule has 13 aromatic carbocycles. The Morgan fingerprint density at radius 3 is 0.896 bits per heavy atom. The first-order valence-electron chi connectivity index (χ1n) is 34.5. The topological polar surface area (TPSA) is 179 Å². The third kappa shape index (κ3) is 27.2. The number of aromatic hydroxyl groups is 1. The van der Waals surface area contributed by atoms with Gasteiger partial charge in [0.25, 0.3) is 0 Å². The number of nitrogens with two attached hydrogens (primary N) is 1. The second-order valence-corrected chi connectivity index (χ2v) is 24.8. The van der Waals surface area contributed by atoms with Gasteiger partial charge in [-0.1, -0.05) is 306 Å². The van der Waals surface area contributed by atoms with E-state index in [9.17, 15) is 19.5 Å². The molecule has 0 aromatic heterocycles. The number of phenols is 1. The maximum absolute atomic E-state index is 12.8. The summed E-state index contributed by atoms with van der Waals surface area (Å²) in [6.07, 6.45) is 0.691. The molecule has 13 rings (SSSR count). The Balaban J connectivity index is 0.000000189. The van der Waals surface area contributed by atoms with Gasteiger partial charge in [-0.25, -0.2) is 0 Å². The molecule has 0 bridgehead atoms. The lowest BCUT2D eigenvalue weighted by Gasteiger charge is -2.13. The van der Waals surface area contributed by atoms with E-state index in [1.54, 1.807) is 12.1 Å². The zero-order valence-electron chi connectivity index (χ0n) is 58.2. The van der Waals surface area contributed by atoms with E-state index in [4.69, 9.17) is 29.8 Å². The SMILES string of the molecule is C.C.Cc1cc(CN)cc(OCc2ccccc2)c1.O=C(Cc1ccc(-c2ccccc2)cc1)NCc1cc(O)cc(OCc2ccccc2)c1.O=C(Cc1ccc(-c2ccccc2)cc1)NCc1cc(OCc2ccccc2)cc(OCc2ccccc2)c1.O=C(O)Cc1ccc(-c2ccccc2)cc1. The van der Waals surface area contributed by atoms with Gasteiger partial charge in [-0.3, -0.25) is 14.4 Å². The van der Waals surface area contributed by atoms with E-state index in [1.165, 1.54) is 11.1 Å². The average Bonchev–Trinajstić information content (AvgIpc) is 0.899. The number of hydrogen-bond donors (Lipinski definition) is 5. The van der Waals surface area contributed by atoms with Crippen LogP contribution in [0.5, 0.6) is 28.7 Å². The molecule has 0 unspecified atom stereocenters. The molecular weight excluding hydrogens is 1320 g/mol. The number of carboxylic acids is 1. The summed E-state index contributed by atoms with van der Waals surface area (Å²) in [6, 6.07) is 111. The van der Waals surface area contributed by atoms with Crippen molar-refractivity contribution in [3.63, 3.8) is 0 Å². The highest BCUT2D eigenvalue weighted by molar-refractivity contribution is 5.80. The molecule has 0 atom stereocenters. The molecule has 538 valence electrons. The summed E-state index contributed by atoms with van der Waals surface area (Å²) in [5.74, 6) is 2.04. The highest BCUT2D eigenvalue weighted by Gasteiger charge is 2.12. The Morgan fingerprint density at radius 2 is 0.575 bits per heavy atom. The molecule has 0 aliphatic heterocycles. The molecule has 6 N–H and O–H groups in total. The monoisotopic (exact) mass is 1410 g/mol. The Bertz CT molecular complexity index is 4670. The molecule has 2 amide bonds. The molecule has 0 aliphatic carbocycles. The predicted molar refractivity (Wildman–Crippen MR) is 428 cm³/mol. The maximum Gasteiger partial charge on any atom is 0.307 e. The number of benzene rings is 13. The second kappa shape index (κ2) is 42.6. The number of aryl methyl sites for hydroxylation is 1. The smallest absolute Gasteiger partial charge is 0.307 e. The molecule has 13 aromatic rings. The molecule has 0 heterocycles. The minimum absolute atomic E-state index is 0. The highest BCUT2D eigenvalue weighted by Crippen LogP contribution is 2.28. The Kier molecular flexibility index (Phi) is 31.7. The largest absolute Gasteiger partial charge is 0.508 e. The van der Waals surface area contributed by atoms with Gasteiger partial charge in [0.1, 0.15) is 55.2 Å². The van der Waals surface area contributed by atoms with Crippen molar-refractivity contribution >= 4 is 17.8 Å². The number of ether oxygens (including phenoxy) is 4. The molecular formula is C94H93N3O9. The van der Waals surface area contributed by atoms with Gasteiger partial charge >= 0.3 is 5.97 Å². The van der Waals surface area contributed by atoms with Crippen molar-refractivity contribution in [2.75, 3.05) is 0 Å². The molecule has 0 fully saturated rings. The van der Waals surface area contributed by atoms with Crippen LogP contribution in [0.2, 0.25) is 0 Å². The van der Waals surface area contributed by atoms with E-state index in [0.29, 0.717) is 76.2 Å². The molecule has 0 spiro atoms. The fraction of sp³-hybridized carbons (Fsp3) is 0.138. The Labute approximate surface area is 624 Å². The van der Waals surface area contributed by atoms with Gasteiger partial charge < -0.3 is 45.5 Å². The van der Waals surface area contributed by atoms with Crippen LogP contribution in [0.1, 0.15) is 76.1 Å². The summed E-state index contributed by atoms with van der Waals surface area (Å²) in [4.78, 5) is 35.7. The van der Waals surface area contributed by atoms with Crippen LogP contribution in [0.15, 0.2) is 340 Å². The zero-order chi connectivity index (χ0) is 72.3. The number of nitrogens with one attached hydrogen (secondary N) is 2. The van der Waals surface area contributed by atoms with Crippen LogP contribution in [-0.4, -0.2) is 28.0 Å². The van der Waals surface area contributed by atoms with Crippen molar-refractivity contribution in [3.05, 3.63) is 401 Å². The first kappa shape index (κ1) is 78.9. The lowest BCUT2D eigenvalue weighted by atomic mass is 10.0. The van der Waals surface area contributed by atoms with Gasteiger partial charge in [-0.05, 0) is 138 Å². The normalized spacial score (nSPS) is 10.2. The summed E-state index contributed by atoms with van der Waals surface area (Å²) in [5, 5.41) is 24.6. The Hall–Kier alpha value is -12.8. The van der Waals surface area contributed by atoms with E-state index in [0.717, 1.165) is 89.2 Å². The summed E-state index contributed by atoms with van der Waals surface area (Å²) >= 11 is 0. The number of carbonyl (C=O) groups excluding carboxylic acids is 2.